The Labute approximate surface area is 138 Å². The Kier molecular flexibility index (Phi) is 5.62. The predicted octanol–water partition coefficient (Wildman–Crippen LogP) is 1.69. The number of benzene rings is 1. The van der Waals surface area contributed by atoms with Gasteiger partial charge in [-0.05, 0) is 30.0 Å². The molecule has 0 bridgehead atoms. The van der Waals surface area contributed by atoms with Crippen molar-refractivity contribution in [3.63, 3.8) is 0 Å². The molecule has 0 saturated carbocycles. The lowest BCUT2D eigenvalue weighted by atomic mass is 10.0. The van der Waals surface area contributed by atoms with Gasteiger partial charge in [0.05, 0.1) is 12.7 Å². The molecule has 1 aromatic heterocycles. The van der Waals surface area contributed by atoms with E-state index >= 15 is 0 Å². The molecule has 1 atom stereocenters. The average Bonchev–Trinajstić information content (AvgIpc) is 2.94. The highest BCUT2D eigenvalue weighted by molar-refractivity contribution is 5.94. The van der Waals surface area contributed by atoms with Gasteiger partial charge in [-0.15, -0.1) is 5.10 Å². The number of carbonyl (C=O) groups excluding carboxylic acids is 1. The van der Waals surface area contributed by atoms with Crippen molar-refractivity contribution < 1.29 is 19.1 Å². The van der Waals surface area contributed by atoms with Crippen molar-refractivity contribution in [2.75, 3.05) is 0 Å². The monoisotopic (exact) mass is 334 g/mol. The van der Waals surface area contributed by atoms with Crippen LogP contribution in [0.15, 0.2) is 30.5 Å². The van der Waals surface area contributed by atoms with Gasteiger partial charge >= 0.3 is 5.97 Å². The first-order chi connectivity index (χ1) is 11.3. The second-order valence-corrected chi connectivity index (χ2v) is 5.93. The standard InChI is InChI=1S/C16H19FN4O3/c1-10(2)6-13(16(23)24)18-15(22)14-9-21(20-19-14)8-11-4-3-5-12(17)7-11/h3-5,7,9-10,13H,6,8H2,1-2H3,(H,18,22)(H,23,24)/t13-/m0/s1. The Morgan fingerprint density at radius 1 is 1.38 bits per heavy atom. The lowest BCUT2D eigenvalue weighted by molar-refractivity contribution is -0.139. The first-order valence-corrected chi connectivity index (χ1v) is 7.53. The lowest BCUT2D eigenvalue weighted by Crippen LogP contribution is -2.41. The van der Waals surface area contributed by atoms with Crippen LogP contribution < -0.4 is 5.32 Å². The summed E-state index contributed by atoms with van der Waals surface area (Å²) in [6.07, 6.45) is 1.72. The predicted molar refractivity (Wildman–Crippen MR) is 83.9 cm³/mol. The van der Waals surface area contributed by atoms with Crippen molar-refractivity contribution in [1.82, 2.24) is 20.3 Å². The molecule has 2 aromatic rings. The van der Waals surface area contributed by atoms with Gasteiger partial charge in [-0.2, -0.15) is 0 Å². The molecule has 0 spiro atoms. The largest absolute Gasteiger partial charge is 0.480 e. The van der Waals surface area contributed by atoms with Crippen molar-refractivity contribution >= 4 is 11.9 Å². The minimum absolute atomic E-state index is 0.0152. The van der Waals surface area contributed by atoms with Gasteiger partial charge in [0.25, 0.3) is 5.91 Å². The molecule has 0 aliphatic rings. The molecule has 0 fully saturated rings. The Morgan fingerprint density at radius 2 is 2.12 bits per heavy atom. The van der Waals surface area contributed by atoms with Crippen LogP contribution in [0, 0.1) is 11.7 Å². The number of aromatic nitrogens is 3. The number of carboxylic acid groups (broad SMARTS) is 1. The van der Waals surface area contributed by atoms with E-state index in [1.54, 1.807) is 12.1 Å². The maximum absolute atomic E-state index is 13.2. The minimum atomic E-state index is -1.09. The molecule has 0 unspecified atom stereocenters. The van der Waals surface area contributed by atoms with Gasteiger partial charge in [0, 0.05) is 0 Å². The van der Waals surface area contributed by atoms with Crippen molar-refractivity contribution in [2.45, 2.75) is 32.9 Å². The van der Waals surface area contributed by atoms with E-state index in [0.717, 1.165) is 0 Å². The Morgan fingerprint density at radius 3 is 2.75 bits per heavy atom. The van der Waals surface area contributed by atoms with Gasteiger partial charge < -0.3 is 10.4 Å². The summed E-state index contributed by atoms with van der Waals surface area (Å²) in [5.41, 5.74) is 0.691. The first-order valence-electron chi connectivity index (χ1n) is 7.53. The molecule has 24 heavy (non-hydrogen) atoms. The number of carboxylic acids is 1. The average molecular weight is 334 g/mol. The first kappa shape index (κ1) is 17.6. The smallest absolute Gasteiger partial charge is 0.326 e. The van der Waals surface area contributed by atoms with Crippen LogP contribution in [0.25, 0.3) is 0 Å². The summed E-state index contributed by atoms with van der Waals surface area (Å²) < 4.78 is 14.6. The van der Waals surface area contributed by atoms with Crippen LogP contribution in [0.4, 0.5) is 4.39 Å². The number of aliphatic carboxylic acids is 1. The molecule has 1 heterocycles. The molecule has 7 nitrogen and oxygen atoms in total. The molecule has 8 heteroatoms. The van der Waals surface area contributed by atoms with Gasteiger partial charge in [0.15, 0.2) is 5.69 Å². The maximum atomic E-state index is 13.2. The van der Waals surface area contributed by atoms with Crippen LogP contribution in [0.2, 0.25) is 0 Å². The van der Waals surface area contributed by atoms with Crippen LogP contribution in [0.5, 0.6) is 0 Å². The third-order valence-corrected chi connectivity index (χ3v) is 3.32. The molecular formula is C16H19FN4O3. The zero-order valence-electron chi connectivity index (χ0n) is 13.4. The van der Waals surface area contributed by atoms with Gasteiger partial charge in [-0.3, -0.25) is 4.79 Å². The molecule has 0 saturated heterocycles. The van der Waals surface area contributed by atoms with E-state index in [2.05, 4.69) is 15.6 Å². The quantitative estimate of drug-likeness (QED) is 0.803. The summed E-state index contributed by atoms with van der Waals surface area (Å²) >= 11 is 0. The van der Waals surface area contributed by atoms with E-state index in [1.165, 1.54) is 23.0 Å². The zero-order valence-corrected chi connectivity index (χ0v) is 13.4. The Hall–Kier alpha value is -2.77. The number of nitrogens with zero attached hydrogens (tertiary/aromatic N) is 3. The third kappa shape index (κ3) is 4.87. The van der Waals surface area contributed by atoms with Crippen LogP contribution in [-0.2, 0) is 11.3 Å². The Bertz CT molecular complexity index is 730. The molecule has 128 valence electrons. The summed E-state index contributed by atoms with van der Waals surface area (Å²) in [6.45, 7) is 4.00. The number of hydrogen-bond donors (Lipinski definition) is 2. The second kappa shape index (κ2) is 7.67. The molecule has 1 amide bonds. The summed E-state index contributed by atoms with van der Waals surface area (Å²) in [4.78, 5) is 23.3. The fraction of sp³-hybridized carbons (Fsp3) is 0.375. The highest BCUT2D eigenvalue weighted by Crippen LogP contribution is 2.08. The molecule has 0 aliphatic heterocycles. The van der Waals surface area contributed by atoms with Gasteiger partial charge in [-0.1, -0.05) is 31.2 Å². The summed E-state index contributed by atoms with van der Waals surface area (Å²) in [7, 11) is 0. The fourth-order valence-corrected chi connectivity index (χ4v) is 2.23. The van der Waals surface area contributed by atoms with Crippen molar-refractivity contribution in [3.05, 3.63) is 47.5 Å². The van der Waals surface area contributed by atoms with E-state index < -0.39 is 17.9 Å². The summed E-state index contributed by atoms with van der Waals surface area (Å²) in [6, 6.07) is 5.03. The molecule has 2 N–H and O–H groups in total. The summed E-state index contributed by atoms with van der Waals surface area (Å²) in [5, 5.41) is 19.1. The second-order valence-electron chi connectivity index (χ2n) is 5.93. The van der Waals surface area contributed by atoms with Crippen molar-refractivity contribution in [1.29, 1.82) is 0 Å². The molecule has 1 aromatic carbocycles. The number of hydrogen-bond acceptors (Lipinski definition) is 4. The van der Waals surface area contributed by atoms with Gasteiger partial charge in [-0.25, -0.2) is 13.9 Å². The lowest BCUT2D eigenvalue weighted by Gasteiger charge is -2.15. The molecule has 0 radical (unpaired) electrons. The molecular weight excluding hydrogens is 315 g/mol. The van der Waals surface area contributed by atoms with Gasteiger partial charge in [0.1, 0.15) is 11.9 Å². The number of rotatable bonds is 7. The maximum Gasteiger partial charge on any atom is 0.326 e. The fourth-order valence-electron chi connectivity index (χ4n) is 2.23. The number of halogens is 1. The van der Waals surface area contributed by atoms with Crippen LogP contribution >= 0.6 is 0 Å². The van der Waals surface area contributed by atoms with Crippen molar-refractivity contribution in [3.8, 4) is 0 Å². The number of carbonyl (C=O) groups is 2. The van der Waals surface area contributed by atoms with Crippen LogP contribution in [0.1, 0.15) is 36.3 Å². The van der Waals surface area contributed by atoms with E-state index in [1.807, 2.05) is 13.8 Å². The Balaban J connectivity index is 2.03. The van der Waals surface area contributed by atoms with Crippen molar-refractivity contribution in [2.24, 2.45) is 5.92 Å². The van der Waals surface area contributed by atoms with Gasteiger partial charge in [0.2, 0.25) is 0 Å². The minimum Gasteiger partial charge on any atom is -0.480 e. The SMILES string of the molecule is CC(C)C[C@H](NC(=O)c1cn(Cc2cccc(F)c2)nn1)C(=O)O. The topological polar surface area (TPSA) is 97.1 Å². The third-order valence-electron chi connectivity index (χ3n) is 3.32. The highest BCUT2D eigenvalue weighted by atomic mass is 19.1. The number of nitrogens with one attached hydrogen (secondary N) is 1. The summed E-state index contributed by atoms with van der Waals surface area (Å²) in [5.74, 6) is -1.93. The van der Waals surface area contributed by atoms with E-state index in [9.17, 15) is 14.0 Å². The number of amides is 1. The molecule has 0 aliphatic carbocycles. The highest BCUT2D eigenvalue weighted by Gasteiger charge is 2.23. The zero-order chi connectivity index (χ0) is 17.7. The van der Waals surface area contributed by atoms with E-state index in [4.69, 9.17) is 5.11 Å². The normalized spacial score (nSPS) is 12.2. The van der Waals surface area contributed by atoms with Crippen LogP contribution in [-0.4, -0.2) is 38.0 Å². The molecule has 2 rings (SSSR count). The van der Waals surface area contributed by atoms with E-state index in [-0.39, 0.29) is 24.0 Å². The van der Waals surface area contributed by atoms with E-state index in [0.29, 0.717) is 12.0 Å². The van der Waals surface area contributed by atoms with Crippen LogP contribution in [0.3, 0.4) is 0 Å².